The van der Waals surface area contributed by atoms with Crippen molar-refractivity contribution in [2.24, 2.45) is 92.8 Å². The van der Waals surface area contributed by atoms with Crippen LogP contribution in [-0.4, -0.2) is 272 Å². The van der Waals surface area contributed by atoms with Crippen molar-refractivity contribution in [3.8, 4) is 21.4 Å². The van der Waals surface area contributed by atoms with Gasteiger partial charge < -0.3 is 87.5 Å². The minimum absolute atomic E-state index is 0.0525. The smallest absolute Gasteiger partial charge is 0.317 e. The van der Waals surface area contributed by atoms with Crippen LogP contribution in [0.2, 0.25) is 36.3 Å². The number of ketones is 4. The third-order valence-electron chi connectivity index (χ3n) is 31.3. The summed E-state index contributed by atoms with van der Waals surface area (Å²) in [7, 11) is 2.56. The molecule has 30 atom stereocenters. The van der Waals surface area contributed by atoms with Crippen molar-refractivity contribution in [1.29, 1.82) is 0 Å². The fraction of sp³-hybridized carbons (Fsp3) is 0.706. The number of hydrogen-bond acceptors (Lipinski definition) is 39. The number of fused-ring (bicyclic) bond motifs is 2. The third kappa shape index (κ3) is 27.2. The average molecular weight is 2150 g/mol. The maximum atomic E-state index is 15.1. The van der Waals surface area contributed by atoms with Gasteiger partial charge >= 0.3 is 23.9 Å². The number of Topliss-reactive ketones (excluding diaryl/α,β-unsaturated/α-hetero) is 4. The number of cyclic esters (lactones) is 2. The van der Waals surface area contributed by atoms with E-state index in [1.54, 1.807) is 114 Å². The molecule has 0 amide bonds. The number of nitrogens with zero attached hydrogens (tertiary/aromatic N) is 11. The Morgan fingerprint density at radius 2 is 0.918 bits per heavy atom. The molecular weight excluding hydrogens is 1990 g/mol. The van der Waals surface area contributed by atoms with Gasteiger partial charge in [0.15, 0.2) is 84.8 Å². The summed E-state index contributed by atoms with van der Waals surface area (Å²) in [5.41, 5.74) is 8.15. The highest BCUT2D eigenvalue weighted by molar-refractivity contribution is 7.86. The molecule has 0 radical (unpaired) electrons. The summed E-state index contributed by atoms with van der Waals surface area (Å²) in [5, 5.41) is 46.1. The number of oxime groups is 2. The van der Waals surface area contributed by atoms with Crippen LogP contribution in [0.25, 0.3) is 21.4 Å². The number of benzene rings is 1. The van der Waals surface area contributed by atoms with Gasteiger partial charge in [0, 0.05) is 98.2 Å². The van der Waals surface area contributed by atoms with E-state index in [2.05, 4.69) is 92.0 Å². The number of pyridine rings is 2. The van der Waals surface area contributed by atoms with E-state index in [1.165, 1.54) is 57.7 Å². The maximum Gasteiger partial charge on any atom is 0.317 e. The molecule has 11 rings (SSSR count). The molecular formula is C102H157N13O27S3Si2. The molecule has 0 spiro atoms. The highest BCUT2D eigenvalue weighted by Gasteiger charge is 2.66. The number of non-ortho nitro benzene ring substituents is 1. The SMILES string of the molecule is CC[C@@H]1OC(=O)[C@H](C)C(=O)[C@H](C)[C@@H](O[C@@H]2O[C@@H](C)C[C@H](N(C)C)[C@H]2O[Si](CC)(CC)CC)[C@](C)(OC)C[C@@H](C)C(=O)[C@H](C)[C@H]2[C@H](/C(N)=N/O[C@@H](C)c3nnc(-c4ccccn4)s3)C(=O)O[C@@]21C.CC[C@@H]1OC(=O)[C@H](C)C(=O)[C@H](C)[C@@H](O[C@@H]2O[C@@H](C)C[C@H](N(C)C)[C@H]2O[Si](CC)(CC)CC)[C@](C)(OC)C[C@@H](C)C(=O)[C@H](C)[C@H]2[C@H](/C(N)=N\O)C(=O)O[C@@]21C.C[C@@H](OS(=O)(=O)c1ccc([N+](=O)[O-])cc1)c1nnc(-c2ccccn2)s1. The molecule has 6 aliphatic heterocycles. The molecule has 6 fully saturated rings. The lowest BCUT2D eigenvalue weighted by Gasteiger charge is -2.50. The molecule has 0 saturated carbocycles. The first-order chi connectivity index (χ1) is 69.1. The molecule has 5 aromatic rings. The summed E-state index contributed by atoms with van der Waals surface area (Å²) >= 11 is 2.45. The molecule has 6 aliphatic rings. The Kier molecular flexibility index (Phi) is 42.6. The van der Waals surface area contributed by atoms with Crippen molar-refractivity contribution in [2.45, 2.75) is 354 Å². The van der Waals surface area contributed by atoms with E-state index in [4.69, 9.17) is 76.7 Å². The molecule has 45 heteroatoms. The molecule has 0 aliphatic carbocycles. The average Bonchev–Trinajstić information content (AvgIpc) is 1.60. The first-order valence-electron chi connectivity index (χ1n) is 51.1. The van der Waals surface area contributed by atoms with Gasteiger partial charge in [-0.1, -0.05) is 142 Å². The second-order valence-electron chi connectivity index (χ2n) is 41.3. The summed E-state index contributed by atoms with van der Waals surface area (Å²) in [6.07, 6.45) is -3.67. The van der Waals surface area contributed by atoms with Crippen molar-refractivity contribution in [3.63, 3.8) is 0 Å². The molecule has 5 N–H and O–H groups in total. The van der Waals surface area contributed by atoms with Gasteiger partial charge in [-0.15, -0.1) is 20.4 Å². The van der Waals surface area contributed by atoms with Gasteiger partial charge in [-0.05, 0) is 209 Å². The Hall–Kier alpha value is -8.92. The quantitative estimate of drug-likeness (QED) is 0.00344. The van der Waals surface area contributed by atoms with Gasteiger partial charge in [0.1, 0.15) is 82.2 Å². The minimum atomic E-state index is -4.10. The molecule has 147 heavy (non-hydrogen) atoms. The van der Waals surface area contributed by atoms with E-state index in [9.17, 15) is 57.3 Å². The largest absolute Gasteiger partial charge is 0.458 e. The Morgan fingerprint density at radius 1 is 0.544 bits per heavy atom. The molecule has 0 bridgehead atoms. The number of esters is 4. The topological polar surface area (TPSA) is 524 Å². The number of nitro groups is 1. The number of aromatic nitrogens is 6. The number of carbonyl (C=O) groups excluding carboxylic acids is 8. The fourth-order valence-corrected chi connectivity index (χ4v) is 30.4. The summed E-state index contributed by atoms with van der Waals surface area (Å²) in [6, 6.07) is 20.6. The van der Waals surface area contributed by atoms with E-state index in [1.807, 2.05) is 67.2 Å². The minimum Gasteiger partial charge on any atom is -0.458 e. The zero-order chi connectivity index (χ0) is 110. The first kappa shape index (κ1) is 122. The Morgan fingerprint density at radius 3 is 1.25 bits per heavy atom. The highest BCUT2D eigenvalue weighted by Crippen LogP contribution is 2.52. The lowest BCUT2D eigenvalue weighted by atomic mass is 9.67. The van der Waals surface area contributed by atoms with Crippen molar-refractivity contribution in [3.05, 3.63) is 93.2 Å². The molecule has 4 aromatic heterocycles. The van der Waals surface area contributed by atoms with E-state index < -0.39 is 228 Å². The van der Waals surface area contributed by atoms with Crippen LogP contribution in [0.1, 0.15) is 227 Å². The lowest BCUT2D eigenvalue weighted by molar-refractivity contribution is -0.384. The Balaban J connectivity index is 0.000000267. The van der Waals surface area contributed by atoms with E-state index in [0.717, 1.165) is 60.5 Å². The summed E-state index contributed by atoms with van der Waals surface area (Å²) in [6.45, 7) is 44.1. The molecule has 0 unspecified atom stereocenters. The summed E-state index contributed by atoms with van der Waals surface area (Å²) < 4.78 is 109. The van der Waals surface area contributed by atoms with Gasteiger partial charge in [0.2, 0.25) is 0 Å². The van der Waals surface area contributed by atoms with Gasteiger partial charge in [-0.2, -0.15) is 8.42 Å². The van der Waals surface area contributed by atoms with Crippen molar-refractivity contribution >= 4 is 114 Å². The third-order valence-corrected chi connectivity index (χ3v) is 44.2. The Labute approximate surface area is 874 Å². The number of nitro benzene ring substituents is 1. The number of ether oxygens (including phenoxy) is 10. The monoisotopic (exact) mass is 2150 g/mol. The predicted octanol–water partition coefficient (Wildman–Crippen LogP) is 15.1. The number of rotatable bonds is 32. The molecule has 40 nitrogen and oxygen atoms in total. The first-order valence-corrected chi connectivity index (χ1v) is 59.2. The van der Waals surface area contributed by atoms with Gasteiger partial charge in [0.05, 0.1) is 45.4 Å². The van der Waals surface area contributed by atoms with Crippen LogP contribution >= 0.6 is 22.7 Å². The fourth-order valence-electron chi connectivity index (χ4n) is 22.0. The van der Waals surface area contributed by atoms with Crippen LogP contribution in [0, 0.1) is 81.1 Å². The van der Waals surface area contributed by atoms with Crippen LogP contribution in [0.3, 0.4) is 0 Å². The summed E-state index contributed by atoms with van der Waals surface area (Å²) in [4.78, 5) is 143. The van der Waals surface area contributed by atoms with Crippen molar-refractivity contribution in [2.75, 3.05) is 42.4 Å². The van der Waals surface area contributed by atoms with E-state index >= 15 is 4.79 Å². The Bertz CT molecular complexity index is 5460. The van der Waals surface area contributed by atoms with Crippen LogP contribution in [-0.2, 0) is 114 Å². The second kappa shape index (κ2) is 51.5. The van der Waals surface area contributed by atoms with Gasteiger partial charge in [-0.25, -0.2) is 0 Å². The van der Waals surface area contributed by atoms with Gasteiger partial charge in [-0.3, -0.25) is 62.6 Å². The second-order valence-corrected chi connectivity index (χ2v) is 54.4. The van der Waals surface area contributed by atoms with Crippen LogP contribution in [0.5, 0.6) is 0 Å². The maximum absolute atomic E-state index is 15.1. The molecule has 10 heterocycles. The van der Waals surface area contributed by atoms with Crippen LogP contribution in [0.15, 0.2) is 88.3 Å². The molecule has 1 aromatic carbocycles. The number of carbonyl (C=O) groups is 8. The predicted molar refractivity (Wildman–Crippen MR) is 554 cm³/mol. The number of likely N-dealkylation sites (N-methyl/N-ethyl adjacent to an activating group) is 2. The lowest BCUT2D eigenvalue weighted by Crippen LogP contribution is -2.62. The van der Waals surface area contributed by atoms with Gasteiger partial charge in [0.25, 0.3) is 15.8 Å². The normalized spacial score (nSPS) is 33.3. The van der Waals surface area contributed by atoms with Crippen LogP contribution in [0.4, 0.5) is 5.69 Å². The zero-order valence-electron chi connectivity index (χ0n) is 90.8. The molecule has 818 valence electrons. The van der Waals surface area contributed by atoms with E-state index in [-0.39, 0.29) is 78.0 Å². The zero-order valence-corrected chi connectivity index (χ0v) is 95.2. The van der Waals surface area contributed by atoms with Crippen molar-refractivity contribution in [1.82, 2.24) is 40.2 Å². The highest BCUT2D eigenvalue weighted by atomic mass is 32.2. The number of amidine groups is 2. The van der Waals surface area contributed by atoms with Crippen LogP contribution < -0.4 is 11.5 Å². The molecule has 6 saturated heterocycles. The summed E-state index contributed by atoms with van der Waals surface area (Å²) in [5.74, 6) is -17.3. The van der Waals surface area contributed by atoms with E-state index in [0.29, 0.717) is 44.3 Å². The number of hydrogen-bond donors (Lipinski definition) is 3. The number of nitrogens with two attached hydrogens (primary N) is 2. The number of methoxy groups -OCH3 is 2. The standard InChI is InChI=1S/C48H76N6O11SSi.C39H69N3O11Si.C15H12N4O5S2/c1-16-34-48(12)36(35(45(58)63-48)41(49)53-64-31(10)42-51-52-43(66-42)32-22-20-21-23-50-32)28(7)37(55)26(5)25-47(11,59-15)40(29(8)38(56)30(9)44(57)61-34)62-46-39(65-67(17-2,18-3)19-4)33(54(13)14)24-27(6)60-46;1-15-27-39(11)29(28(34(40)41-47)36(46)52-39)23(7)30(43)21(5)20-38(10,48-14)33(24(8)31(44)25(9)35(45)50-27)51-37-32(53-54(16-2,17-3)18-4)26(42(12)13)19-22(6)49-37;1-10(14-17-18-15(25-14)13-4-2-3-9-16-13)24-26(22,23)12-7-5-11(6-8-12)19(20)21/h20-23,26-31,33-36,39-40,46H,16-19,24-25H2,1-15H3,(H2,49,53);21-29,32-33,37,47H,15-20H2,1-14H3,(H2,40,41);2-10H,1H3/t26-,27+,28-,29+,30-,31+,33+,34+,35-,36+,39-,40-,46+,47-,48-;21-,22+,23-,24+,25-,26+,27+,28-,29+,32-,33-,37+,38-,39-;10-/m111/s1. The van der Waals surface area contributed by atoms with Crippen molar-refractivity contribution < 1.29 is 122 Å².